The van der Waals surface area contributed by atoms with Crippen LogP contribution < -0.4 is 5.46 Å². The second-order valence-corrected chi connectivity index (χ2v) is 70.4. The van der Waals surface area contributed by atoms with Crippen LogP contribution in [0.4, 0.5) is 0 Å². The van der Waals surface area contributed by atoms with Crippen LogP contribution in [0.2, 0.25) is 0 Å². The highest BCUT2D eigenvalue weighted by atomic mass is 79.9. The minimum atomic E-state index is -3.92. The number of carbonyl (C=O) groups excluding carboxylic acids is 2. The number of hydrogen-bond donors (Lipinski definition) is 0. The van der Waals surface area contributed by atoms with E-state index in [1.54, 1.807) is 60.7 Å². The van der Waals surface area contributed by atoms with Gasteiger partial charge in [-0.1, -0.05) is 197 Å². The molecule has 113 heavy (non-hydrogen) atoms. The molecule has 0 radical (unpaired) electrons. The van der Waals surface area contributed by atoms with Crippen LogP contribution in [-0.4, -0.2) is 60.4 Å². The summed E-state index contributed by atoms with van der Waals surface area (Å²) >= 11 is 6.51. The number of aromatic nitrogens is 3. The number of fused-ring (bicyclic) bond motifs is 13. The third-order valence-corrected chi connectivity index (χ3v) is 75.2. The highest BCUT2D eigenvalue weighted by Crippen LogP contribution is 3.10. The summed E-state index contributed by atoms with van der Waals surface area (Å²) < 4.78 is 73.4. The lowest BCUT2D eigenvalue weighted by atomic mass is 9.79. The lowest BCUT2D eigenvalue weighted by molar-refractivity contribution is 0.00578. The van der Waals surface area contributed by atoms with Gasteiger partial charge in [0.05, 0.1) is 63.9 Å². The van der Waals surface area contributed by atoms with Crippen molar-refractivity contribution in [2.45, 2.75) is 65.9 Å². The molecule has 6 unspecified atom stereocenters. The van der Waals surface area contributed by atoms with Crippen molar-refractivity contribution in [1.29, 1.82) is 0 Å². The van der Waals surface area contributed by atoms with Crippen LogP contribution in [0.5, 0.6) is 0 Å². The molecule has 1 saturated heterocycles. The molecule has 0 saturated carbocycles. The van der Waals surface area contributed by atoms with Gasteiger partial charge >= 0.3 is 7.12 Å². The molecule has 3 aliphatic rings. The molecular weight excluding hydrogens is 1760 g/mol. The first kappa shape index (κ1) is 81.9. The number of para-hydroxylation sites is 6. The molecule has 13 aromatic carbocycles. The van der Waals surface area contributed by atoms with E-state index in [4.69, 9.17) is 9.31 Å². The topological polar surface area (TPSA) is 136 Å². The molecule has 3 aliphatic heterocycles. The van der Waals surface area contributed by atoms with Crippen molar-refractivity contribution in [2.75, 3.05) is 0 Å². The lowest BCUT2D eigenvalue weighted by Gasteiger charge is -2.32. The summed E-state index contributed by atoms with van der Waals surface area (Å²) in [5.41, 5.74) is 14.6. The van der Waals surface area contributed by atoms with Gasteiger partial charge in [-0.05, 0) is 217 Å². The van der Waals surface area contributed by atoms with Gasteiger partial charge in [-0.15, -0.1) is 53.6 Å². The smallest absolute Gasteiger partial charge is 0.399 e. The van der Waals surface area contributed by atoms with Gasteiger partial charge in [-0.2, -0.15) is 0 Å². The Morgan fingerprint density at radius 2 is 0.566 bits per heavy atom. The first-order chi connectivity index (χ1) is 53.7. The van der Waals surface area contributed by atoms with Gasteiger partial charge in [0.1, 0.15) is 0 Å². The van der Waals surface area contributed by atoms with E-state index in [0.717, 1.165) is 66.8 Å². The number of carbonyl (C=O) groups is 2. The average Bonchev–Trinajstić information content (AvgIpc) is 1.39. The molecule has 0 spiro atoms. The van der Waals surface area contributed by atoms with Crippen molar-refractivity contribution in [1.82, 2.24) is 13.7 Å². The molecule has 1 fully saturated rings. The van der Waals surface area contributed by atoms with Crippen molar-refractivity contribution in [3.63, 3.8) is 0 Å². The fraction of sp³-hybridized carbons (Fsp3) is 0.0805. The molecule has 16 aromatic rings. The third-order valence-electron chi connectivity index (χ3n) is 20.9. The molecule has 26 heteroatoms. The normalized spacial score (nSPS) is 14.8. The number of benzene rings is 13. The number of sulfone groups is 2. The van der Waals surface area contributed by atoms with E-state index < -0.39 is 19.7 Å². The predicted octanol–water partition coefficient (Wildman–Crippen LogP) is 26.3. The van der Waals surface area contributed by atoms with Crippen LogP contribution in [0.1, 0.15) is 67.0 Å². The van der Waals surface area contributed by atoms with Crippen LogP contribution in [0.25, 0.3) is 105 Å². The van der Waals surface area contributed by atoms with Crippen molar-refractivity contribution in [3.05, 3.63) is 322 Å². The van der Waals surface area contributed by atoms with Gasteiger partial charge < -0.3 is 23.0 Å². The van der Waals surface area contributed by atoms with E-state index in [9.17, 15) is 26.4 Å². The first-order valence-electron chi connectivity index (χ1n) is 35.5. The Morgan fingerprint density at radius 1 is 0.327 bits per heavy atom. The average molecular weight is 1840 g/mol. The number of nitrogens with zero attached hydrogens (tertiary/aromatic N) is 3. The van der Waals surface area contributed by atoms with E-state index in [0.29, 0.717) is 8.95 Å². The van der Waals surface area contributed by atoms with Crippen LogP contribution in [0, 0.1) is 0 Å². The van der Waals surface area contributed by atoms with E-state index in [1.807, 2.05) is 24.3 Å². The van der Waals surface area contributed by atoms with Crippen molar-refractivity contribution in [2.24, 2.45) is 0 Å². The fourth-order valence-electron chi connectivity index (χ4n) is 14.9. The molecule has 6 heterocycles. The zero-order chi connectivity index (χ0) is 78.4. The second-order valence-electron chi connectivity index (χ2n) is 28.2. The highest BCUT2D eigenvalue weighted by molar-refractivity contribution is 9.16. The quantitative estimate of drug-likeness (QED) is 0.103. The summed E-state index contributed by atoms with van der Waals surface area (Å²) in [6, 6.07) is 95.0. The number of hydrogen-bond acceptors (Lipinski definition) is 8. The zero-order valence-electron chi connectivity index (χ0n) is 60.7. The molecular formula is C87H76BBr2N3O8P10S2. The SMILES string of the molecule is C.CC1(C)OB(c2ccc(-n3c4ccccc4c4ccccc43)cc2)OC1(C)C.O=C1c2cc(-c3ccc(-n4c5ccccc5c5ccccc54)cc3)ccc2S(=O)(=O)c2ccc(-c3ccc(-n4c5ccccc5c5ccccc54)cc3)cc21.O=C1c2cc(Br)ccc2S(=O)(=O)c2ccc(Br)cc21.PP(P)P(P(P)P)P(P)P. The van der Waals surface area contributed by atoms with Crippen molar-refractivity contribution < 1.29 is 35.7 Å². The Bertz CT molecular complexity index is 6250. The van der Waals surface area contributed by atoms with Gasteiger partial charge in [0.15, 0.2) is 11.6 Å². The lowest BCUT2D eigenvalue weighted by Crippen LogP contribution is -2.41. The van der Waals surface area contributed by atoms with Gasteiger partial charge in [-0.25, -0.2) is 16.8 Å². The largest absolute Gasteiger partial charge is 0.494 e. The molecule has 3 aromatic heterocycles. The molecule has 0 N–H and O–H groups in total. The summed E-state index contributed by atoms with van der Waals surface area (Å²) in [6.45, 7) is 8.95. The van der Waals surface area contributed by atoms with E-state index >= 15 is 0 Å². The predicted molar refractivity (Wildman–Crippen MR) is 508 cm³/mol. The Balaban J connectivity index is 0.000000144. The van der Waals surface area contributed by atoms with Crippen LogP contribution in [0.15, 0.2) is 320 Å². The summed E-state index contributed by atoms with van der Waals surface area (Å²) in [5, 5.41) is 7.31. The molecule has 0 amide bonds. The maximum atomic E-state index is 14.2. The Kier molecular flexibility index (Phi) is 23.8. The third kappa shape index (κ3) is 15.3. The maximum absolute atomic E-state index is 14.2. The molecule has 11 nitrogen and oxygen atoms in total. The molecule has 0 aliphatic carbocycles. The molecule has 566 valence electrons. The van der Waals surface area contributed by atoms with Crippen LogP contribution in [0.3, 0.4) is 0 Å². The Labute approximate surface area is 693 Å². The minimum absolute atomic E-state index is 0. The van der Waals surface area contributed by atoms with Gasteiger partial charge in [0, 0.05) is 80.6 Å². The van der Waals surface area contributed by atoms with E-state index in [-0.39, 0.29) is 107 Å². The van der Waals surface area contributed by atoms with Crippen molar-refractivity contribution >= 4 is 223 Å². The number of halogens is 2. The summed E-state index contributed by atoms with van der Waals surface area (Å²) in [5.74, 6) is -0.574. The number of rotatable bonds is 9. The Hall–Kier alpha value is -6.26. The summed E-state index contributed by atoms with van der Waals surface area (Å²) in [7, 11) is 9.79. The standard InChI is InChI=1S/C49H30N2O3S.C24H24BNO2.C13H6Br2O3S.CH4.H12P10/c52-49-41-29-33(31-17-23-35(24-18-31)50-43-13-5-1-9-37(43)38-10-2-6-14-44(38)50)21-27-47(41)55(53,54)48-28-22-34(30-42(48)49)32-19-25-36(26-20-32)51-45-15-7-3-11-39(45)40-12-4-8-16-46(40)51;1-23(2)24(3,4)28-25(27-23)17-13-15-18(16-14-17)26-21-11-7-5-9-19(21)20-10-6-8-12-22(20)26;14-7-1-3-11-9(5-7)13(16)10-6-8(15)2-4-12(10)19(11,17)18;;1-7(2)10(8(3)4)9(5)6/h1-30H;5-16H,1-4H3;1-6H;1H4;1-6H2. The molecule has 0 bridgehead atoms. The van der Waals surface area contributed by atoms with E-state index in [1.165, 1.54) is 55.5 Å². The van der Waals surface area contributed by atoms with E-state index in [2.05, 4.69) is 321 Å². The van der Waals surface area contributed by atoms with Gasteiger partial charge in [-0.3, -0.25) is 9.59 Å². The van der Waals surface area contributed by atoms with Crippen LogP contribution in [-0.2, 0) is 29.0 Å². The summed E-state index contributed by atoms with van der Waals surface area (Å²) in [4.78, 5) is 26.8. The highest BCUT2D eigenvalue weighted by Gasteiger charge is 2.52. The second kappa shape index (κ2) is 32.9. The monoisotopic (exact) mass is 1830 g/mol. The fourth-order valence-corrected chi connectivity index (χ4v) is 105. The van der Waals surface area contributed by atoms with Gasteiger partial charge in [0.25, 0.3) is 0 Å². The maximum Gasteiger partial charge on any atom is 0.494 e. The minimum Gasteiger partial charge on any atom is -0.399 e. The zero-order valence-corrected chi connectivity index (χ0v) is 76.0. The van der Waals surface area contributed by atoms with Crippen molar-refractivity contribution in [3.8, 4) is 39.3 Å². The number of ketones is 2. The molecule has 19 rings (SSSR count). The first-order valence-corrected chi connectivity index (χ1v) is 57.2. The van der Waals surface area contributed by atoms with Crippen LogP contribution >= 0.6 is 113 Å². The molecule has 6 atom stereocenters. The Morgan fingerprint density at radius 3 is 0.832 bits per heavy atom. The van der Waals surface area contributed by atoms with Gasteiger partial charge in [0.2, 0.25) is 19.7 Å². The summed E-state index contributed by atoms with van der Waals surface area (Å²) in [6.07, 6.45) is 0.